The second kappa shape index (κ2) is 8.45. The Morgan fingerprint density at radius 3 is 2.61 bits per heavy atom. The molecule has 2 aliphatic rings. The van der Waals surface area contributed by atoms with Gasteiger partial charge in [-0.3, -0.25) is 14.5 Å². The molecule has 0 aliphatic carbocycles. The summed E-state index contributed by atoms with van der Waals surface area (Å²) >= 11 is 6.44. The fourth-order valence-electron chi connectivity index (χ4n) is 3.31. The first-order valence-electron chi connectivity index (χ1n) is 9.15. The largest absolute Gasteiger partial charge is 0.480 e. The molecule has 3 rings (SSSR count). The molecule has 2 heterocycles. The number of carboxylic acid groups (broad SMARTS) is 1. The van der Waals surface area contributed by atoms with Gasteiger partial charge in [-0.2, -0.15) is 0 Å². The number of carboxylic acids is 1. The molecular weight excluding hydrogens is 396 g/mol. The fourth-order valence-corrected chi connectivity index (χ4v) is 4.57. The third-order valence-electron chi connectivity index (χ3n) is 4.93. The van der Waals surface area contributed by atoms with Crippen molar-refractivity contribution in [3.05, 3.63) is 40.3 Å². The summed E-state index contributed by atoms with van der Waals surface area (Å²) in [5.74, 6) is -1.29. The minimum atomic E-state index is -1.01. The first kappa shape index (κ1) is 20.5. The quantitative estimate of drug-likeness (QED) is 0.585. The summed E-state index contributed by atoms with van der Waals surface area (Å²) in [5.41, 5.74) is 2.11. The average molecular weight is 419 g/mol. The number of carbonyl (C=O) groups excluding carboxylic acids is 2. The predicted octanol–water partition coefficient (Wildman–Crippen LogP) is 3.09. The lowest BCUT2D eigenvalue weighted by atomic mass is 10.0. The van der Waals surface area contributed by atoms with E-state index in [9.17, 15) is 19.5 Å². The van der Waals surface area contributed by atoms with Crippen molar-refractivity contribution in [2.24, 2.45) is 0 Å². The van der Waals surface area contributed by atoms with Crippen LogP contribution in [0.3, 0.4) is 0 Å². The monoisotopic (exact) mass is 418 g/mol. The maximum atomic E-state index is 12.7. The lowest BCUT2D eigenvalue weighted by Crippen LogP contribution is -2.46. The van der Waals surface area contributed by atoms with Gasteiger partial charge in [0.25, 0.3) is 5.91 Å². The molecule has 2 saturated heterocycles. The summed E-state index contributed by atoms with van der Waals surface area (Å²) < 4.78 is 0.314. The summed E-state index contributed by atoms with van der Waals surface area (Å²) in [7, 11) is 0. The van der Waals surface area contributed by atoms with Crippen LogP contribution in [0, 0.1) is 0 Å². The third-order valence-corrected chi connectivity index (χ3v) is 6.30. The Balaban J connectivity index is 1.71. The molecule has 148 valence electrons. The Bertz CT molecular complexity index is 848. The van der Waals surface area contributed by atoms with Crippen LogP contribution < -0.4 is 0 Å². The fraction of sp³-hybridized carbons (Fsp3) is 0.400. The molecular formula is C20H22N2O4S2. The van der Waals surface area contributed by atoms with Gasteiger partial charge in [0.2, 0.25) is 5.91 Å². The maximum absolute atomic E-state index is 12.7. The topological polar surface area (TPSA) is 77.9 Å². The second-order valence-corrected chi connectivity index (χ2v) is 8.85. The Kier molecular flexibility index (Phi) is 6.20. The number of rotatable bonds is 5. The number of aliphatic carboxylic acids is 1. The maximum Gasteiger partial charge on any atom is 0.326 e. The molecule has 2 fully saturated rings. The summed E-state index contributed by atoms with van der Waals surface area (Å²) in [5, 5.41) is 9.24. The first-order chi connectivity index (χ1) is 13.3. The van der Waals surface area contributed by atoms with Crippen LogP contribution in [0.1, 0.15) is 43.7 Å². The lowest BCUT2D eigenvalue weighted by Gasteiger charge is -2.24. The Labute approximate surface area is 173 Å². The van der Waals surface area contributed by atoms with Gasteiger partial charge in [-0.25, -0.2) is 4.79 Å². The Morgan fingerprint density at radius 2 is 2.00 bits per heavy atom. The molecule has 8 heteroatoms. The highest BCUT2D eigenvalue weighted by Crippen LogP contribution is 2.33. The highest BCUT2D eigenvalue weighted by molar-refractivity contribution is 8.26. The number of amides is 2. The van der Waals surface area contributed by atoms with Crippen molar-refractivity contribution in [2.45, 2.75) is 38.6 Å². The molecule has 0 unspecified atom stereocenters. The number of nitrogens with zero attached hydrogens (tertiary/aromatic N) is 2. The molecule has 1 N–H and O–H groups in total. The molecule has 1 aromatic carbocycles. The molecule has 0 saturated carbocycles. The van der Waals surface area contributed by atoms with Crippen LogP contribution in [0.15, 0.2) is 29.2 Å². The van der Waals surface area contributed by atoms with Crippen molar-refractivity contribution in [3.8, 4) is 0 Å². The van der Waals surface area contributed by atoms with Gasteiger partial charge >= 0.3 is 5.97 Å². The van der Waals surface area contributed by atoms with Crippen molar-refractivity contribution in [1.82, 2.24) is 9.80 Å². The Hall–Kier alpha value is -2.19. The molecule has 0 spiro atoms. The number of thiocarbonyl (C=S) groups is 1. The summed E-state index contributed by atoms with van der Waals surface area (Å²) in [6.45, 7) is 4.40. The third kappa shape index (κ3) is 4.28. The molecule has 1 atom stereocenters. The van der Waals surface area contributed by atoms with Crippen molar-refractivity contribution < 1.29 is 19.5 Å². The van der Waals surface area contributed by atoms with Crippen LogP contribution in [0.4, 0.5) is 0 Å². The highest BCUT2D eigenvalue weighted by atomic mass is 32.2. The zero-order chi connectivity index (χ0) is 20.4. The predicted molar refractivity (Wildman–Crippen MR) is 113 cm³/mol. The molecule has 2 amide bonds. The molecule has 0 radical (unpaired) electrons. The minimum absolute atomic E-state index is 0.224. The van der Waals surface area contributed by atoms with E-state index in [-0.39, 0.29) is 18.4 Å². The first-order valence-corrected chi connectivity index (χ1v) is 10.4. The van der Waals surface area contributed by atoms with Crippen molar-refractivity contribution in [3.63, 3.8) is 0 Å². The summed E-state index contributed by atoms with van der Waals surface area (Å²) in [4.78, 5) is 39.6. The normalized spacial score (nSPS) is 21.2. The average Bonchev–Trinajstić information content (AvgIpc) is 3.23. The molecule has 0 aromatic heterocycles. The van der Waals surface area contributed by atoms with E-state index in [0.29, 0.717) is 34.5 Å². The number of hydrogen-bond donors (Lipinski definition) is 1. The van der Waals surface area contributed by atoms with Gasteiger partial charge in [0, 0.05) is 6.54 Å². The summed E-state index contributed by atoms with van der Waals surface area (Å²) in [6.07, 6.45) is 2.85. The number of thioether (sulfide) groups is 1. The molecule has 1 aromatic rings. The van der Waals surface area contributed by atoms with E-state index in [0.717, 1.165) is 17.3 Å². The molecule has 28 heavy (non-hydrogen) atoms. The molecule has 2 aliphatic heterocycles. The smallest absolute Gasteiger partial charge is 0.326 e. The Morgan fingerprint density at radius 1 is 1.32 bits per heavy atom. The molecule has 0 bridgehead atoms. The van der Waals surface area contributed by atoms with E-state index in [4.69, 9.17) is 12.2 Å². The standard InChI is InChI=1S/C20H22N2O4S2/c1-12(2)14-7-5-13(6-8-14)10-16-18(24)22(20(27)28-16)11-17(23)21-9-3-4-15(21)19(25)26/h5-8,10,12,15H,3-4,9,11H2,1-2H3,(H,25,26)/b16-10-/t15-/m0/s1. The van der Waals surface area contributed by atoms with Crippen LogP contribution in [0.2, 0.25) is 0 Å². The van der Waals surface area contributed by atoms with Gasteiger partial charge in [0.15, 0.2) is 0 Å². The van der Waals surface area contributed by atoms with Crippen LogP contribution in [0.5, 0.6) is 0 Å². The summed E-state index contributed by atoms with van der Waals surface area (Å²) in [6, 6.07) is 7.14. The van der Waals surface area contributed by atoms with Crippen LogP contribution >= 0.6 is 24.0 Å². The van der Waals surface area contributed by atoms with E-state index >= 15 is 0 Å². The van der Waals surface area contributed by atoms with Gasteiger partial charge in [-0.15, -0.1) is 0 Å². The lowest BCUT2D eigenvalue weighted by molar-refractivity contribution is -0.148. The highest BCUT2D eigenvalue weighted by Gasteiger charge is 2.38. The van der Waals surface area contributed by atoms with E-state index in [1.807, 2.05) is 24.3 Å². The van der Waals surface area contributed by atoms with E-state index in [2.05, 4.69) is 13.8 Å². The van der Waals surface area contributed by atoms with Crippen LogP contribution in [0.25, 0.3) is 6.08 Å². The van der Waals surface area contributed by atoms with Gasteiger partial charge in [-0.05, 0) is 36.0 Å². The van der Waals surface area contributed by atoms with Crippen molar-refractivity contribution in [2.75, 3.05) is 13.1 Å². The second-order valence-electron chi connectivity index (χ2n) is 7.17. The van der Waals surface area contributed by atoms with E-state index in [1.54, 1.807) is 6.08 Å². The van der Waals surface area contributed by atoms with E-state index < -0.39 is 12.0 Å². The number of carbonyl (C=O) groups is 3. The number of hydrogen-bond acceptors (Lipinski definition) is 5. The van der Waals surface area contributed by atoms with Crippen LogP contribution in [-0.2, 0) is 14.4 Å². The van der Waals surface area contributed by atoms with E-state index in [1.165, 1.54) is 15.4 Å². The zero-order valence-electron chi connectivity index (χ0n) is 15.8. The number of benzene rings is 1. The van der Waals surface area contributed by atoms with Crippen molar-refractivity contribution >= 4 is 52.2 Å². The zero-order valence-corrected chi connectivity index (χ0v) is 17.4. The molecule has 6 nitrogen and oxygen atoms in total. The van der Waals surface area contributed by atoms with Gasteiger partial charge < -0.3 is 10.0 Å². The van der Waals surface area contributed by atoms with Crippen LogP contribution in [-0.4, -0.2) is 56.1 Å². The van der Waals surface area contributed by atoms with Gasteiger partial charge in [-0.1, -0.05) is 62.1 Å². The van der Waals surface area contributed by atoms with Gasteiger partial charge in [0.1, 0.15) is 16.9 Å². The minimum Gasteiger partial charge on any atom is -0.480 e. The van der Waals surface area contributed by atoms with Crippen molar-refractivity contribution in [1.29, 1.82) is 0 Å². The SMILES string of the molecule is CC(C)c1ccc(/C=C2\SC(=S)N(CC(=O)N3CCC[C@H]3C(=O)O)C2=O)cc1. The number of likely N-dealkylation sites (tertiary alicyclic amines) is 1. The van der Waals surface area contributed by atoms with Gasteiger partial charge in [0.05, 0.1) is 4.91 Å².